The number of carbonyl (C=O) groups excluding carboxylic acids is 2. The standard InChI is InChI=1S/C27H31ClN4O3/c1-17(33)31-11-9-18(10-12-31)15-32-24(34)27(30-25(32)29)16-26(2,3)35-23-8-7-20(14-22(23)27)19-5-4-6-21(28)13-19/h4-8,13-14,18H,9-12,15-16H2,1-3H3,(H2,29,30). The first-order valence-corrected chi connectivity index (χ1v) is 12.5. The van der Waals surface area contributed by atoms with Gasteiger partial charge in [-0.15, -0.1) is 0 Å². The molecule has 1 saturated heterocycles. The summed E-state index contributed by atoms with van der Waals surface area (Å²) in [6, 6.07) is 13.5. The molecule has 2 aromatic carbocycles. The van der Waals surface area contributed by atoms with E-state index in [9.17, 15) is 9.59 Å². The Labute approximate surface area is 210 Å². The van der Waals surface area contributed by atoms with Gasteiger partial charge in [-0.3, -0.25) is 14.5 Å². The van der Waals surface area contributed by atoms with Crippen LogP contribution in [0, 0.1) is 5.92 Å². The average molecular weight is 495 g/mol. The summed E-state index contributed by atoms with van der Waals surface area (Å²) in [4.78, 5) is 34.1. The number of rotatable bonds is 3. The number of benzene rings is 2. The van der Waals surface area contributed by atoms with Gasteiger partial charge in [0.15, 0.2) is 11.5 Å². The van der Waals surface area contributed by atoms with Crippen LogP contribution >= 0.6 is 11.6 Å². The summed E-state index contributed by atoms with van der Waals surface area (Å²) in [6.07, 6.45) is 2.08. The van der Waals surface area contributed by atoms with Gasteiger partial charge in [-0.05, 0) is 68.0 Å². The van der Waals surface area contributed by atoms with E-state index in [1.54, 1.807) is 11.8 Å². The van der Waals surface area contributed by atoms with Crippen LogP contribution < -0.4 is 10.5 Å². The highest BCUT2D eigenvalue weighted by molar-refractivity contribution is 6.30. The number of nitrogens with two attached hydrogens (primary N) is 1. The molecule has 0 saturated carbocycles. The van der Waals surface area contributed by atoms with Crippen molar-refractivity contribution in [2.75, 3.05) is 19.6 Å². The minimum absolute atomic E-state index is 0.0947. The van der Waals surface area contributed by atoms with Crippen LogP contribution in [-0.4, -0.2) is 52.8 Å². The molecule has 0 radical (unpaired) electrons. The first-order valence-electron chi connectivity index (χ1n) is 12.1. The lowest BCUT2D eigenvalue weighted by molar-refractivity contribution is -0.136. The molecule has 7 nitrogen and oxygen atoms in total. The highest BCUT2D eigenvalue weighted by Gasteiger charge is 2.56. The Bertz CT molecular complexity index is 1220. The van der Waals surface area contributed by atoms with Crippen LogP contribution in [0.15, 0.2) is 47.5 Å². The van der Waals surface area contributed by atoms with Crippen molar-refractivity contribution in [1.29, 1.82) is 0 Å². The predicted molar refractivity (Wildman–Crippen MR) is 136 cm³/mol. The highest BCUT2D eigenvalue weighted by atomic mass is 35.5. The molecule has 8 heteroatoms. The quantitative estimate of drug-likeness (QED) is 0.693. The average Bonchev–Trinajstić information content (AvgIpc) is 3.03. The maximum atomic E-state index is 14.1. The fourth-order valence-electron chi connectivity index (χ4n) is 5.62. The van der Waals surface area contributed by atoms with E-state index in [1.807, 2.05) is 61.2 Å². The summed E-state index contributed by atoms with van der Waals surface area (Å²) in [7, 11) is 0. The molecular formula is C27H31ClN4O3. The second-order valence-electron chi connectivity index (χ2n) is 10.5. The number of halogens is 1. The zero-order chi connectivity index (χ0) is 25.0. The van der Waals surface area contributed by atoms with Crippen molar-refractivity contribution in [1.82, 2.24) is 9.80 Å². The van der Waals surface area contributed by atoms with E-state index in [0.29, 0.717) is 36.8 Å². The van der Waals surface area contributed by atoms with Gasteiger partial charge in [-0.25, -0.2) is 4.99 Å². The molecule has 1 spiro atoms. The Morgan fingerprint density at radius 3 is 2.57 bits per heavy atom. The summed E-state index contributed by atoms with van der Waals surface area (Å²) >= 11 is 6.23. The van der Waals surface area contributed by atoms with Crippen LogP contribution in [0.25, 0.3) is 11.1 Å². The number of hydrogen-bond donors (Lipinski definition) is 1. The van der Waals surface area contributed by atoms with E-state index >= 15 is 0 Å². The number of amides is 2. The summed E-state index contributed by atoms with van der Waals surface area (Å²) in [5.41, 5.74) is 7.32. The van der Waals surface area contributed by atoms with Crippen LogP contribution in [0.5, 0.6) is 5.75 Å². The molecule has 35 heavy (non-hydrogen) atoms. The second kappa shape index (κ2) is 8.55. The number of fused-ring (bicyclic) bond motifs is 2. The first kappa shape index (κ1) is 23.7. The van der Waals surface area contributed by atoms with Crippen LogP contribution in [0.3, 0.4) is 0 Å². The zero-order valence-electron chi connectivity index (χ0n) is 20.4. The SMILES string of the molecule is CC(=O)N1CCC(CN2C(=O)C3(CC(C)(C)Oc4ccc(-c5cccc(Cl)c5)cc43)N=C2N)CC1. The molecule has 1 fully saturated rings. The van der Waals surface area contributed by atoms with Gasteiger partial charge in [-0.1, -0.05) is 29.8 Å². The number of piperidine rings is 1. The van der Waals surface area contributed by atoms with E-state index in [0.717, 1.165) is 29.5 Å². The first-order chi connectivity index (χ1) is 16.6. The number of likely N-dealkylation sites (tertiary alicyclic amines) is 1. The monoisotopic (exact) mass is 494 g/mol. The Morgan fingerprint density at radius 2 is 1.89 bits per heavy atom. The smallest absolute Gasteiger partial charge is 0.262 e. The molecule has 2 amide bonds. The predicted octanol–water partition coefficient (Wildman–Crippen LogP) is 4.18. The third-order valence-electron chi connectivity index (χ3n) is 7.33. The summed E-state index contributed by atoms with van der Waals surface area (Å²) in [5.74, 6) is 1.15. The van der Waals surface area contributed by atoms with Gasteiger partial charge in [0.1, 0.15) is 11.4 Å². The summed E-state index contributed by atoms with van der Waals surface area (Å²) in [6.45, 7) is 7.46. The topological polar surface area (TPSA) is 88.2 Å². The molecule has 3 aliphatic heterocycles. The van der Waals surface area contributed by atoms with Gasteiger partial charge >= 0.3 is 0 Å². The highest BCUT2D eigenvalue weighted by Crippen LogP contribution is 2.50. The minimum atomic E-state index is -1.13. The molecule has 0 bridgehead atoms. The molecule has 3 heterocycles. The minimum Gasteiger partial charge on any atom is -0.487 e. The van der Waals surface area contributed by atoms with Crippen molar-refractivity contribution in [2.24, 2.45) is 16.6 Å². The maximum Gasteiger partial charge on any atom is 0.262 e. The van der Waals surface area contributed by atoms with Crippen molar-refractivity contribution in [2.45, 2.75) is 51.2 Å². The molecule has 1 unspecified atom stereocenters. The number of nitrogens with zero attached hydrogens (tertiary/aromatic N) is 3. The molecule has 1 atom stereocenters. The number of ether oxygens (including phenoxy) is 1. The van der Waals surface area contributed by atoms with Crippen LogP contribution in [-0.2, 0) is 15.1 Å². The molecule has 0 aliphatic carbocycles. The molecule has 2 aromatic rings. The van der Waals surface area contributed by atoms with Crippen LogP contribution in [0.2, 0.25) is 5.02 Å². The van der Waals surface area contributed by atoms with Crippen molar-refractivity contribution in [3.05, 3.63) is 53.1 Å². The van der Waals surface area contributed by atoms with Gasteiger partial charge < -0.3 is 15.4 Å². The molecular weight excluding hydrogens is 464 g/mol. The van der Waals surface area contributed by atoms with Gasteiger partial charge in [0.25, 0.3) is 5.91 Å². The molecule has 184 valence electrons. The van der Waals surface area contributed by atoms with Crippen LogP contribution in [0.4, 0.5) is 0 Å². The van der Waals surface area contributed by atoms with Gasteiger partial charge in [-0.2, -0.15) is 0 Å². The molecule has 3 aliphatic rings. The zero-order valence-corrected chi connectivity index (χ0v) is 21.1. The third-order valence-corrected chi connectivity index (χ3v) is 7.57. The maximum absolute atomic E-state index is 14.1. The molecule has 0 aromatic heterocycles. The number of hydrogen-bond acceptors (Lipinski definition) is 5. The van der Waals surface area contributed by atoms with Gasteiger partial charge in [0.2, 0.25) is 5.91 Å². The lowest BCUT2D eigenvalue weighted by atomic mass is 9.76. The summed E-state index contributed by atoms with van der Waals surface area (Å²) < 4.78 is 6.28. The van der Waals surface area contributed by atoms with Crippen molar-refractivity contribution < 1.29 is 14.3 Å². The lowest BCUT2D eigenvalue weighted by Gasteiger charge is -2.41. The van der Waals surface area contributed by atoms with Crippen LogP contribution in [0.1, 0.15) is 45.6 Å². The number of carbonyl (C=O) groups is 2. The fourth-order valence-corrected chi connectivity index (χ4v) is 5.81. The Kier molecular flexibility index (Phi) is 5.79. The Hall–Kier alpha value is -3.06. The Morgan fingerprint density at radius 1 is 1.17 bits per heavy atom. The number of aliphatic imine (C=N–C) groups is 1. The van der Waals surface area contributed by atoms with E-state index < -0.39 is 11.1 Å². The second-order valence-corrected chi connectivity index (χ2v) is 10.9. The van der Waals surface area contributed by atoms with E-state index in [1.165, 1.54) is 0 Å². The largest absolute Gasteiger partial charge is 0.487 e. The molecule has 5 rings (SSSR count). The van der Waals surface area contributed by atoms with E-state index in [4.69, 9.17) is 27.1 Å². The molecule has 2 N–H and O–H groups in total. The van der Waals surface area contributed by atoms with E-state index in [2.05, 4.69) is 0 Å². The van der Waals surface area contributed by atoms with E-state index in [-0.39, 0.29) is 23.7 Å². The van der Waals surface area contributed by atoms with Crippen molar-refractivity contribution in [3.8, 4) is 16.9 Å². The van der Waals surface area contributed by atoms with Gasteiger partial charge in [0.05, 0.1) is 0 Å². The number of guanidine groups is 1. The lowest BCUT2D eigenvalue weighted by Crippen LogP contribution is -2.51. The van der Waals surface area contributed by atoms with Crippen molar-refractivity contribution in [3.63, 3.8) is 0 Å². The fraction of sp³-hybridized carbons (Fsp3) is 0.444. The Balaban J connectivity index is 1.48. The summed E-state index contributed by atoms with van der Waals surface area (Å²) in [5, 5.41) is 0.647. The third kappa shape index (κ3) is 4.27. The van der Waals surface area contributed by atoms with Gasteiger partial charge in [0, 0.05) is 43.6 Å². The normalized spacial score (nSPS) is 23.8. The van der Waals surface area contributed by atoms with Crippen molar-refractivity contribution >= 4 is 29.4 Å².